The quantitative estimate of drug-likeness (QED) is 0.842. The fourth-order valence-electron chi connectivity index (χ4n) is 3.14. The minimum atomic E-state index is -0.437. The van der Waals surface area contributed by atoms with Crippen molar-refractivity contribution in [3.63, 3.8) is 0 Å². The zero-order chi connectivity index (χ0) is 11.7. The zero-order valence-corrected chi connectivity index (χ0v) is 10.3. The van der Waals surface area contributed by atoms with Gasteiger partial charge in [-0.25, -0.2) is 4.98 Å². The van der Waals surface area contributed by atoms with Crippen molar-refractivity contribution in [1.82, 2.24) is 14.5 Å². The number of aliphatic hydroxyl groups is 1. The van der Waals surface area contributed by atoms with E-state index in [4.69, 9.17) is 0 Å². The van der Waals surface area contributed by atoms with Crippen LogP contribution in [0.2, 0.25) is 0 Å². The summed E-state index contributed by atoms with van der Waals surface area (Å²) in [6.07, 6.45) is 9.50. The topological polar surface area (TPSA) is 41.3 Å². The molecule has 94 valence electrons. The molecule has 0 amide bonds. The molecule has 1 fully saturated rings. The lowest BCUT2D eigenvalue weighted by Crippen LogP contribution is -2.46. The summed E-state index contributed by atoms with van der Waals surface area (Å²) in [5.41, 5.74) is -0.437. The second-order valence-corrected chi connectivity index (χ2v) is 5.53. The van der Waals surface area contributed by atoms with Crippen LogP contribution in [0.5, 0.6) is 0 Å². The molecule has 0 spiro atoms. The Morgan fingerprint density at radius 1 is 1.24 bits per heavy atom. The van der Waals surface area contributed by atoms with Crippen molar-refractivity contribution < 1.29 is 5.11 Å². The molecule has 3 rings (SSSR count). The molecule has 4 nitrogen and oxygen atoms in total. The Kier molecular flexibility index (Phi) is 2.92. The molecule has 0 saturated heterocycles. The summed E-state index contributed by atoms with van der Waals surface area (Å²) < 4.78 is 2.21. The van der Waals surface area contributed by atoms with Gasteiger partial charge in [0.15, 0.2) is 0 Å². The van der Waals surface area contributed by atoms with Crippen LogP contribution < -0.4 is 0 Å². The number of nitrogens with zero attached hydrogens (tertiary/aromatic N) is 3. The van der Waals surface area contributed by atoms with Crippen LogP contribution in [0.1, 0.15) is 37.9 Å². The van der Waals surface area contributed by atoms with Crippen molar-refractivity contribution in [2.75, 3.05) is 13.1 Å². The highest BCUT2D eigenvalue weighted by Gasteiger charge is 2.32. The molecule has 1 saturated carbocycles. The number of imidazole rings is 1. The van der Waals surface area contributed by atoms with Gasteiger partial charge in [-0.05, 0) is 12.8 Å². The maximum absolute atomic E-state index is 10.6. The Morgan fingerprint density at radius 2 is 2.06 bits per heavy atom. The van der Waals surface area contributed by atoms with Crippen LogP contribution >= 0.6 is 0 Å². The van der Waals surface area contributed by atoms with E-state index >= 15 is 0 Å². The predicted molar refractivity (Wildman–Crippen MR) is 65.5 cm³/mol. The number of aromatic nitrogens is 2. The highest BCUT2D eigenvalue weighted by atomic mass is 16.3. The van der Waals surface area contributed by atoms with Crippen molar-refractivity contribution in [3.05, 3.63) is 18.2 Å². The summed E-state index contributed by atoms with van der Waals surface area (Å²) >= 11 is 0. The van der Waals surface area contributed by atoms with Crippen LogP contribution in [0.25, 0.3) is 0 Å². The fraction of sp³-hybridized carbons (Fsp3) is 0.769. The zero-order valence-electron chi connectivity index (χ0n) is 10.3. The Morgan fingerprint density at radius 3 is 2.88 bits per heavy atom. The fourth-order valence-corrected chi connectivity index (χ4v) is 3.14. The van der Waals surface area contributed by atoms with Gasteiger partial charge in [0, 0.05) is 32.0 Å². The van der Waals surface area contributed by atoms with E-state index in [0.717, 1.165) is 44.8 Å². The van der Waals surface area contributed by atoms with Crippen LogP contribution in [0.4, 0.5) is 0 Å². The summed E-state index contributed by atoms with van der Waals surface area (Å²) in [4.78, 5) is 6.72. The van der Waals surface area contributed by atoms with Gasteiger partial charge in [0.2, 0.25) is 0 Å². The molecule has 1 aliphatic carbocycles. The first-order valence-electron chi connectivity index (χ1n) is 6.70. The van der Waals surface area contributed by atoms with Crippen molar-refractivity contribution in [2.45, 2.75) is 50.8 Å². The molecule has 1 aromatic heterocycles. The van der Waals surface area contributed by atoms with Gasteiger partial charge in [-0.3, -0.25) is 4.90 Å². The minimum Gasteiger partial charge on any atom is -0.389 e. The first-order valence-corrected chi connectivity index (χ1v) is 6.70. The molecule has 2 heterocycles. The Bertz CT molecular complexity index is 382. The predicted octanol–water partition coefficient (Wildman–Crippen LogP) is 1.39. The van der Waals surface area contributed by atoms with Gasteiger partial charge >= 0.3 is 0 Å². The van der Waals surface area contributed by atoms with Crippen molar-refractivity contribution >= 4 is 0 Å². The largest absolute Gasteiger partial charge is 0.389 e. The molecule has 4 heteroatoms. The third-order valence-electron chi connectivity index (χ3n) is 4.13. The molecular weight excluding hydrogens is 214 g/mol. The number of β-amino-alcohol motifs (C(OH)–C–C–N with tert-alkyl or cyclic N) is 1. The lowest BCUT2D eigenvalue weighted by Gasteiger charge is -2.38. The van der Waals surface area contributed by atoms with Gasteiger partial charge in [0.25, 0.3) is 0 Å². The van der Waals surface area contributed by atoms with Gasteiger partial charge in [0.05, 0.1) is 12.1 Å². The SMILES string of the molecule is OC1(CN2CCn3ccnc3C2)CCCCC1. The van der Waals surface area contributed by atoms with E-state index in [2.05, 4.69) is 14.5 Å². The van der Waals surface area contributed by atoms with E-state index in [9.17, 15) is 5.11 Å². The Labute approximate surface area is 102 Å². The molecule has 0 aromatic carbocycles. The molecular formula is C13H21N3O. The molecule has 0 atom stereocenters. The van der Waals surface area contributed by atoms with Gasteiger partial charge < -0.3 is 9.67 Å². The lowest BCUT2D eigenvalue weighted by molar-refractivity contribution is -0.0319. The number of hydrogen-bond acceptors (Lipinski definition) is 3. The van der Waals surface area contributed by atoms with Crippen LogP contribution in [0.15, 0.2) is 12.4 Å². The molecule has 1 N–H and O–H groups in total. The molecule has 0 bridgehead atoms. The van der Waals surface area contributed by atoms with Crippen molar-refractivity contribution in [1.29, 1.82) is 0 Å². The van der Waals surface area contributed by atoms with E-state index in [-0.39, 0.29) is 0 Å². The first kappa shape index (κ1) is 11.2. The smallest absolute Gasteiger partial charge is 0.122 e. The van der Waals surface area contributed by atoms with Gasteiger partial charge in [-0.15, -0.1) is 0 Å². The number of hydrogen-bond donors (Lipinski definition) is 1. The molecule has 2 aliphatic rings. The first-order chi connectivity index (χ1) is 8.25. The van der Waals surface area contributed by atoms with Crippen molar-refractivity contribution in [3.8, 4) is 0 Å². The summed E-state index contributed by atoms with van der Waals surface area (Å²) in [5, 5.41) is 10.6. The number of rotatable bonds is 2. The molecule has 17 heavy (non-hydrogen) atoms. The molecule has 1 aliphatic heterocycles. The van der Waals surface area contributed by atoms with Gasteiger partial charge in [-0.2, -0.15) is 0 Å². The van der Waals surface area contributed by atoms with E-state index < -0.39 is 5.60 Å². The highest BCUT2D eigenvalue weighted by Crippen LogP contribution is 2.29. The summed E-state index contributed by atoms with van der Waals surface area (Å²) in [6.45, 7) is 3.74. The normalized spacial score (nSPS) is 24.5. The lowest BCUT2D eigenvalue weighted by atomic mass is 9.84. The standard InChI is InChI=1S/C13H21N3O/c17-13(4-2-1-3-5-13)11-15-8-9-16-7-6-14-12(16)10-15/h6-7,17H,1-5,8-11H2. The van der Waals surface area contributed by atoms with Gasteiger partial charge in [0.1, 0.15) is 5.82 Å². The second-order valence-electron chi connectivity index (χ2n) is 5.53. The maximum Gasteiger partial charge on any atom is 0.122 e. The van der Waals surface area contributed by atoms with E-state index in [0.29, 0.717) is 0 Å². The maximum atomic E-state index is 10.6. The molecule has 0 unspecified atom stereocenters. The third-order valence-corrected chi connectivity index (χ3v) is 4.13. The van der Waals surface area contributed by atoms with Crippen LogP contribution in [-0.2, 0) is 13.1 Å². The summed E-state index contributed by atoms with van der Waals surface area (Å²) in [7, 11) is 0. The summed E-state index contributed by atoms with van der Waals surface area (Å²) in [5.74, 6) is 1.13. The monoisotopic (exact) mass is 235 g/mol. The van der Waals surface area contributed by atoms with Crippen LogP contribution in [-0.4, -0.2) is 38.2 Å². The van der Waals surface area contributed by atoms with Gasteiger partial charge in [-0.1, -0.05) is 19.3 Å². The van der Waals surface area contributed by atoms with Crippen LogP contribution in [0.3, 0.4) is 0 Å². The van der Waals surface area contributed by atoms with Crippen LogP contribution in [0, 0.1) is 0 Å². The Hall–Kier alpha value is -0.870. The average Bonchev–Trinajstić information content (AvgIpc) is 2.76. The van der Waals surface area contributed by atoms with E-state index in [1.165, 1.54) is 19.3 Å². The molecule has 1 aromatic rings. The van der Waals surface area contributed by atoms with Crippen molar-refractivity contribution in [2.24, 2.45) is 0 Å². The average molecular weight is 235 g/mol. The van der Waals surface area contributed by atoms with E-state index in [1.54, 1.807) is 0 Å². The Balaban J connectivity index is 1.63. The molecule has 0 radical (unpaired) electrons. The minimum absolute atomic E-state index is 0.437. The second kappa shape index (κ2) is 4.42. The summed E-state index contributed by atoms with van der Waals surface area (Å²) in [6, 6.07) is 0. The highest BCUT2D eigenvalue weighted by molar-refractivity contribution is 4.97. The third kappa shape index (κ3) is 2.38. The van der Waals surface area contributed by atoms with E-state index in [1.807, 2.05) is 12.4 Å². The number of fused-ring (bicyclic) bond motifs is 1.